The first-order valence-electron chi connectivity index (χ1n) is 6.36. The van der Waals surface area contributed by atoms with Crippen LogP contribution in [0.1, 0.15) is 16.1 Å². The van der Waals surface area contributed by atoms with E-state index in [0.29, 0.717) is 0 Å². The third kappa shape index (κ3) is 2.77. The van der Waals surface area contributed by atoms with Crippen molar-refractivity contribution in [3.05, 3.63) is 44.3 Å². The molecule has 4 nitrogen and oxygen atoms in total. The number of nitrogens with one attached hydrogen (secondary N) is 1. The van der Waals surface area contributed by atoms with E-state index in [1.165, 1.54) is 14.2 Å². The van der Waals surface area contributed by atoms with E-state index in [1.54, 1.807) is 11.3 Å². The summed E-state index contributed by atoms with van der Waals surface area (Å²) in [7, 11) is 1.93. The van der Waals surface area contributed by atoms with Gasteiger partial charge in [0.2, 0.25) is 0 Å². The van der Waals surface area contributed by atoms with Crippen molar-refractivity contribution in [3.8, 4) is 0 Å². The Kier molecular flexibility index (Phi) is 3.87. The van der Waals surface area contributed by atoms with Gasteiger partial charge >= 0.3 is 0 Å². The zero-order valence-electron chi connectivity index (χ0n) is 11.4. The number of aryl methyl sites for hydroxylation is 2. The highest BCUT2D eigenvalue weighted by atomic mass is 79.9. The van der Waals surface area contributed by atoms with Crippen LogP contribution in [0.25, 0.3) is 11.0 Å². The molecule has 0 aliphatic rings. The number of pyridine rings is 1. The van der Waals surface area contributed by atoms with E-state index in [2.05, 4.69) is 49.5 Å². The molecule has 0 radical (unpaired) electrons. The number of thiophene rings is 1. The number of hydrogen-bond acceptors (Lipinski definition) is 4. The molecular weight excluding hydrogens is 336 g/mol. The Bertz CT molecular complexity index is 747. The summed E-state index contributed by atoms with van der Waals surface area (Å²) >= 11 is 5.23. The molecule has 0 amide bonds. The van der Waals surface area contributed by atoms with Gasteiger partial charge in [0.1, 0.15) is 0 Å². The molecule has 0 aromatic carbocycles. The van der Waals surface area contributed by atoms with Gasteiger partial charge in [-0.1, -0.05) is 0 Å². The smallest absolute Gasteiger partial charge is 0.157 e. The fraction of sp³-hybridized carbons (Fsp3) is 0.286. The summed E-state index contributed by atoms with van der Waals surface area (Å²) in [6.07, 6.45) is 1.92. The van der Waals surface area contributed by atoms with Crippen LogP contribution in [0.2, 0.25) is 0 Å². The minimum absolute atomic E-state index is 0.812. The average molecular weight is 351 g/mol. The monoisotopic (exact) mass is 350 g/mol. The largest absolute Gasteiger partial charge is 0.308 e. The van der Waals surface area contributed by atoms with E-state index >= 15 is 0 Å². The predicted octanol–water partition coefficient (Wildman–Crippen LogP) is 3.39. The van der Waals surface area contributed by atoms with E-state index in [9.17, 15) is 0 Å². The maximum Gasteiger partial charge on any atom is 0.157 e. The van der Waals surface area contributed by atoms with Crippen molar-refractivity contribution in [1.29, 1.82) is 0 Å². The molecular formula is C14H15BrN4S. The highest BCUT2D eigenvalue weighted by Gasteiger charge is 2.07. The zero-order valence-corrected chi connectivity index (χ0v) is 13.8. The van der Waals surface area contributed by atoms with Gasteiger partial charge in [-0.3, -0.25) is 4.68 Å². The number of rotatable bonds is 4. The number of nitrogens with zero attached hydrogens (tertiary/aromatic N) is 3. The van der Waals surface area contributed by atoms with E-state index < -0.39 is 0 Å². The maximum absolute atomic E-state index is 4.49. The summed E-state index contributed by atoms with van der Waals surface area (Å²) in [5.41, 5.74) is 3.15. The third-order valence-electron chi connectivity index (χ3n) is 3.18. The lowest BCUT2D eigenvalue weighted by molar-refractivity contribution is 0.699. The minimum Gasteiger partial charge on any atom is -0.308 e. The Morgan fingerprint density at radius 3 is 2.95 bits per heavy atom. The summed E-state index contributed by atoms with van der Waals surface area (Å²) in [4.78, 5) is 5.81. The molecule has 0 fully saturated rings. The second-order valence-electron chi connectivity index (χ2n) is 4.73. The zero-order chi connectivity index (χ0) is 14.1. The van der Waals surface area contributed by atoms with Crippen LogP contribution in [0, 0.1) is 6.92 Å². The fourth-order valence-electron chi connectivity index (χ4n) is 2.22. The van der Waals surface area contributed by atoms with Crippen molar-refractivity contribution >= 4 is 38.3 Å². The van der Waals surface area contributed by atoms with Crippen molar-refractivity contribution in [1.82, 2.24) is 20.1 Å². The lowest BCUT2D eigenvalue weighted by Crippen LogP contribution is -2.11. The number of halogens is 1. The first-order chi connectivity index (χ1) is 9.63. The van der Waals surface area contributed by atoms with Crippen LogP contribution in [0.4, 0.5) is 0 Å². The van der Waals surface area contributed by atoms with Crippen LogP contribution < -0.4 is 5.32 Å². The molecule has 0 bridgehead atoms. The van der Waals surface area contributed by atoms with E-state index in [4.69, 9.17) is 0 Å². The van der Waals surface area contributed by atoms with E-state index in [1.807, 2.05) is 24.9 Å². The van der Waals surface area contributed by atoms with Crippen molar-refractivity contribution in [2.24, 2.45) is 7.05 Å². The molecule has 104 valence electrons. The maximum atomic E-state index is 4.49. The summed E-state index contributed by atoms with van der Waals surface area (Å²) in [5, 5.41) is 8.97. The highest BCUT2D eigenvalue weighted by Crippen LogP contribution is 2.22. The van der Waals surface area contributed by atoms with Crippen LogP contribution >= 0.6 is 27.3 Å². The predicted molar refractivity (Wildman–Crippen MR) is 85.8 cm³/mol. The quantitative estimate of drug-likeness (QED) is 0.784. The molecule has 3 heterocycles. The number of fused-ring (bicyclic) bond motifs is 1. The molecule has 3 aromatic rings. The summed E-state index contributed by atoms with van der Waals surface area (Å²) in [6.45, 7) is 3.71. The molecule has 0 unspecified atom stereocenters. The Morgan fingerprint density at radius 1 is 1.35 bits per heavy atom. The van der Waals surface area contributed by atoms with E-state index in [-0.39, 0.29) is 0 Å². The third-order valence-corrected chi connectivity index (χ3v) is 4.80. The second kappa shape index (κ2) is 5.63. The normalized spacial score (nSPS) is 11.3. The summed E-state index contributed by atoms with van der Waals surface area (Å²) in [5.74, 6) is 0. The topological polar surface area (TPSA) is 42.7 Å². The first kappa shape index (κ1) is 13.7. The highest BCUT2D eigenvalue weighted by molar-refractivity contribution is 9.11. The molecule has 0 aliphatic heterocycles. The molecule has 1 N–H and O–H groups in total. The minimum atomic E-state index is 0.812. The summed E-state index contributed by atoms with van der Waals surface area (Å²) < 4.78 is 2.99. The van der Waals surface area contributed by atoms with Gasteiger partial charge in [0.15, 0.2) is 5.65 Å². The fourth-order valence-corrected chi connectivity index (χ4v) is 3.68. The van der Waals surface area contributed by atoms with Gasteiger partial charge in [-0.2, -0.15) is 5.10 Å². The lowest BCUT2D eigenvalue weighted by Gasteiger charge is -2.03. The lowest BCUT2D eigenvalue weighted by atomic mass is 10.2. The molecule has 0 saturated heterocycles. The van der Waals surface area contributed by atoms with Gasteiger partial charge in [0, 0.05) is 36.6 Å². The molecule has 0 atom stereocenters. The Hall–Kier alpha value is -1.24. The van der Waals surface area contributed by atoms with Gasteiger partial charge < -0.3 is 5.32 Å². The van der Waals surface area contributed by atoms with Crippen molar-refractivity contribution in [3.63, 3.8) is 0 Å². The van der Waals surface area contributed by atoms with Gasteiger partial charge in [-0.15, -0.1) is 11.3 Å². The van der Waals surface area contributed by atoms with Crippen molar-refractivity contribution in [2.45, 2.75) is 20.0 Å². The molecule has 3 aromatic heterocycles. The SMILES string of the molecule is Cc1nn(C)c2ncc(CNCc3ccc(Br)s3)cc12. The van der Waals surface area contributed by atoms with Crippen LogP contribution in [-0.2, 0) is 20.1 Å². The molecule has 0 saturated carbocycles. The van der Waals surface area contributed by atoms with Crippen LogP contribution in [0.15, 0.2) is 28.2 Å². The second-order valence-corrected chi connectivity index (χ2v) is 7.28. The first-order valence-corrected chi connectivity index (χ1v) is 7.97. The Morgan fingerprint density at radius 2 is 2.20 bits per heavy atom. The van der Waals surface area contributed by atoms with E-state index in [0.717, 1.165) is 29.8 Å². The molecule has 0 aliphatic carbocycles. The van der Waals surface area contributed by atoms with Gasteiger partial charge in [0.25, 0.3) is 0 Å². The van der Waals surface area contributed by atoms with Crippen LogP contribution in [0.3, 0.4) is 0 Å². The Labute approximate surface area is 130 Å². The van der Waals surface area contributed by atoms with Crippen molar-refractivity contribution < 1.29 is 0 Å². The Balaban J connectivity index is 1.70. The molecule has 3 rings (SSSR count). The number of hydrogen-bond donors (Lipinski definition) is 1. The molecule has 6 heteroatoms. The number of aromatic nitrogens is 3. The van der Waals surface area contributed by atoms with Crippen LogP contribution in [0.5, 0.6) is 0 Å². The van der Waals surface area contributed by atoms with Crippen molar-refractivity contribution in [2.75, 3.05) is 0 Å². The molecule has 0 spiro atoms. The van der Waals surface area contributed by atoms with Gasteiger partial charge in [0.05, 0.1) is 9.48 Å². The van der Waals surface area contributed by atoms with Gasteiger partial charge in [-0.25, -0.2) is 4.98 Å². The average Bonchev–Trinajstić information content (AvgIpc) is 2.95. The summed E-state index contributed by atoms with van der Waals surface area (Å²) in [6, 6.07) is 6.38. The van der Waals surface area contributed by atoms with Gasteiger partial charge in [-0.05, 0) is 46.6 Å². The molecule has 20 heavy (non-hydrogen) atoms. The van der Waals surface area contributed by atoms with Crippen LogP contribution in [-0.4, -0.2) is 14.8 Å². The standard InChI is InChI=1S/C14H15BrN4S/c1-9-12-5-10(7-17-14(12)19(2)18-9)6-16-8-11-3-4-13(15)20-11/h3-5,7,16H,6,8H2,1-2H3.